The smallest absolute Gasteiger partial charge is 0.310 e. The van der Waals surface area contributed by atoms with Crippen LogP contribution in [0.15, 0.2) is 54.6 Å². The number of benzene rings is 2. The zero-order valence-corrected chi connectivity index (χ0v) is 23.7. The van der Waals surface area contributed by atoms with Crippen LogP contribution in [0.3, 0.4) is 0 Å². The predicted octanol–water partition coefficient (Wildman–Crippen LogP) is 1.35. The number of nitrogens with zero attached hydrogens (tertiary/aromatic N) is 3. The molecule has 0 saturated carbocycles. The Bertz CT molecular complexity index is 1350. The van der Waals surface area contributed by atoms with Crippen LogP contribution >= 0.6 is 0 Å². The van der Waals surface area contributed by atoms with Gasteiger partial charge in [0.15, 0.2) is 0 Å². The molecule has 3 aliphatic heterocycles. The van der Waals surface area contributed by atoms with Crippen molar-refractivity contribution in [1.29, 1.82) is 0 Å². The highest BCUT2D eigenvalue weighted by Crippen LogP contribution is 2.26. The van der Waals surface area contributed by atoms with Gasteiger partial charge in [-0.2, -0.15) is 0 Å². The highest BCUT2D eigenvalue weighted by Gasteiger charge is 2.46. The van der Waals surface area contributed by atoms with Crippen LogP contribution in [0, 0.1) is 0 Å². The maximum atomic E-state index is 13.8. The summed E-state index contributed by atoms with van der Waals surface area (Å²) < 4.78 is 11.1. The van der Waals surface area contributed by atoms with E-state index in [0.29, 0.717) is 18.4 Å². The van der Waals surface area contributed by atoms with E-state index in [-0.39, 0.29) is 38.3 Å². The minimum absolute atomic E-state index is 0.0413. The van der Waals surface area contributed by atoms with Crippen molar-refractivity contribution in [3.63, 3.8) is 0 Å². The summed E-state index contributed by atoms with van der Waals surface area (Å²) in [5, 5.41) is 8.10. The number of esters is 1. The number of hydrogen-bond donors (Lipinski definition) is 2. The summed E-state index contributed by atoms with van der Waals surface area (Å²) in [7, 11) is 3.72. The number of ether oxygens (including phenoxy) is 2. The number of nitrogens with one attached hydrogen (secondary N) is 2. The van der Waals surface area contributed by atoms with Gasteiger partial charge in [-0.1, -0.05) is 36.4 Å². The molecule has 222 valence electrons. The number of amides is 4. The lowest BCUT2D eigenvalue weighted by Crippen LogP contribution is -2.64. The zero-order valence-electron chi connectivity index (χ0n) is 23.7. The second-order valence-electron chi connectivity index (χ2n) is 10.8. The molecule has 2 N–H and O–H groups in total. The van der Waals surface area contributed by atoms with Crippen LogP contribution in [0.1, 0.15) is 48.0 Å². The lowest BCUT2D eigenvalue weighted by Gasteiger charge is -2.43. The lowest BCUT2D eigenvalue weighted by atomic mass is 10.0. The van der Waals surface area contributed by atoms with Gasteiger partial charge in [0.05, 0.1) is 13.0 Å². The van der Waals surface area contributed by atoms with Gasteiger partial charge < -0.3 is 25.0 Å². The molecule has 2 aromatic rings. The first kappa shape index (κ1) is 29.1. The summed E-state index contributed by atoms with van der Waals surface area (Å²) in [6.45, 7) is 0.466. The van der Waals surface area contributed by atoms with E-state index in [1.54, 1.807) is 18.2 Å². The molecular weight excluding hydrogens is 542 g/mol. The first-order valence-corrected chi connectivity index (χ1v) is 14.1. The summed E-state index contributed by atoms with van der Waals surface area (Å²) in [5.74, 6) is -2.31. The van der Waals surface area contributed by atoms with Crippen LogP contribution in [0.4, 0.5) is 5.69 Å². The Balaban J connectivity index is 1.29. The lowest BCUT2D eigenvalue weighted by molar-refractivity contribution is -0.177. The van der Waals surface area contributed by atoms with Crippen molar-refractivity contribution in [2.45, 2.75) is 63.1 Å². The monoisotopic (exact) mass is 577 g/mol. The number of anilines is 1. The topological polar surface area (TPSA) is 138 Å². The second-order valence-corrected chi connectivity index (χ2v) is 10.8. The van der Waals surface area contributed by atoms with Gasteiger partial charge in [0, 0.05) is 38.3 Å². The minimum atomic E-state index is -1.00. The third-order valence-electron chi connectivity index (χ3n) is 7.64. The van der Waals surface area contributed by atoms with Crippen molar-refractivity contribution in [2.24, 2.45) is 0 Å². The summed E-state index contributed by atoms with van der Waals surface area (Å²) in [6.07, 6.45) is -0.107. The van der Waals surface area contributed by atoms with Crippen molar-refractivity contribution in [3.8, 4) is 0 Å². The predicted molar refractivity (Wildman–Crippen MR) is 150 cm³/mol. The van der Waals surface area contributed by atoms with Gasteiger partial charge in [-0.3, -0.25) is 29.0 Å². The van der Waals surface area contributed by atoms with E-state index in [0.717, 1.165) is 11.3 Å². The normalized spacial score (nSPS) is 24.0. The van der Waals surface area contributed by atoms with Crippen LogP contribution < -0.4 is 15.5 Å². The molecule has 4 atom stereocenters. The Morgan fingerprint density at radius 1 is 1.02 bits per heavy atom. The van der Waals surface area contributed by atoms with Crippen LogP contribution in [0.5, 0.6) is 0 Å². The Labute approximate surface area is 243 Å². The molecule has 4 amide bonds. The molecule has 0 aromatic heterocycles. The molecule has 2 aromatic carbocycles. The second kappa shape index (κ2) is 12.6. The molecule has 3 fully saturated rings. The van der Waals surface area contributed by atoms with E-state index in [1.165, 1.54) is 10.0 Å². The molecule has 12 nitrogen and oxygen atoms in total. The number of fused-ring (bicyclic) bond motifs is 1. The van der Waals surface area contributed by atoms with Gasteiger partial charge in [0.1, 0.15) is 18.1 Å². The van der Waals surface area contributed by atoms with Crippen molar-refractivity contribution >= 4 is 35.3 Å². The standard InChI is InChI=1S/C30H35N5O7/c1-33(2)21-11-6-10-20(16-21)27(38)31-22-13-14-25(36)34-15-7-12-24(35(34)29(22)40)28(39)32-23-17-26(37)42-30(23)41-18-19-8-4-3-5-9-19/h3-6,8-11,16,22-24,30H,7,12-15,17-18H2,1-2H3,(H,31,38)(H,32,39)/t22-,23-,24-,30?/m0/s1. The number of rotatable bonds is 8. The van der Waals surface area contributed by atoms with Crippen molar-refractivity contribution in [1.82, 2.24) is 20.7 Å². The minimum Gasteiger partial charge on any atom is -0.433 e. The van der Waals surface area contributed by atoms with Crippen LogP contribution in [-0.4, -0.2) is 84.7 Å². The molecule has 5 rings (SSSR count). The van der Waals surface area contributed by atoms with Crippen LogP contribution in [0.25, 0.3) is 0 Å². The molecule has 0 bridgehead atoms. The fourth-order valence-electron chi connectivity index (χ4n) is 5.41. The van der Waals surface area contributed by atoms with Gasteiger partial charge in [-0.15, -0.1) is 0 Å². The Kier molecular flexibility index (Phi) is 8.72. The third kappa shape index (κ3) is 6.38. The third-order valence-corrected chi connectivity index (χ3v) is 7.64. The molecule has 0 radical (unpaired) electrons. The summed E-state index contributed by atoms with van der Waals surface area (Å²) in [4.78, 5) is 67.6. The van der Waals surface area contributed by atoms with Crippen molar-refractivity contribution < 1.29 is 33.4 Å². The summed E-state index contributed by atoms with van der Waals surface area (Å²) in [5.41, 5.74) is 2.08. The number of hydrogen-bond acceptors (Lipinski definition) is 8. The van der Waals surface area contributed by atoms with Gasteiger partial charge in [0.2, 0.25) is 18.1 Å². The number of hydrazine groups is 1. The molecule has 3 aliphatic rings. The number of carbonyl (C=O) groups is 5. The van der Waals surface area contributed by atoms with E-state index >= 15 is 0 Å². The molecule has 0 spiro atoms. The quantitative estimate of drug-likeness (QED) is 0.449. The molecular formula is C30H35N5O7. The summed E-state index contributed by atoms with van der Waals surface area (Å²) in [6, 6.07) is 13.6. The molecule has 42 heavy (non-hydrogen) atoms. The number of cyclic esters (lactones) is 1. The van der Waals surface area contributed by atoms with Crippen LogP contribution in [-0.2, 0) is 35.3 Å². The van der Waals surface area contributed by atoms with E-state index in [4.69, 9.17) is 9.47 Å². The first-order chi connectivity index (χ1) is 20.2. The van der Waals surface area contributed by atoms with E-state index in [2.05, 4.69) is 10.6 Å². The Morgan fingerprint density at radius 3 is 2.57 bits per heavy atom. The Morgan fingerprint density at radius 2 is 1.81 bits per heavy atom. The van der Waals surface area contributed by atoms with E-state index in [1.807, 2.05) is 55.4 Å². The largest absolute Gasteiger partial charge is 0.433 e. The highest BCUT2D eigenvalue weighted by molar-refractivity contribution is 6.00. The van der Waals surface area contributed by atoms with Gasteiger partial charge in [0.25, 0.3) is 11.8 Å². The number of carbonyl (C=O) groups excluding carboxylic acids is 5. The molecule has 3 saturated heterocycles. The van der Waals surface area contributed by atoms with Crippen molar-refractivity contribution in [2.75, 3.05) is 25.5 Å². The van der Waals surface area contributed by atoms with Crippen molar-refractivity contribution in [3.05, 3.63) is 65.7 Å². The zero-order chi connectivity index (χ0) is 29.8. The summed E-state index contributed by atoms with van der Waals surface area (Å²) >= 11 is 0. The fraction of sp³-hybridized carbons (Fsp3) is 0.433. The molecule has 12 heteroatoms. The van der Waals surface area contributed by atoms with Gasteiger partial charge >= 0.3 is 5.97 Å². The van der Waals surface area contributed by atoms with E-state index < -0.39 is 48.1 Å². The highest BCUT2D eigenvalue weighted by atomic mass is 16.7. The maximum Gasteiger partial charge on any atom is 0.310 e. The molecule has 1 unspecified atom stereocenters. The first-order valence-electron chi connectivity index (χ1n) is 14.1. The SMILES string of the molecule is CN(C)c1cccc(C(=O)N[C@H]2CCC(=O)N3CCC[C@@H](C(=O)N[C@H]4CC(=O)OC4OCc4ccccc4)N3C2=O)c1. The molecule has 0 aliphatic carbocycles. The van der Waals surface area contributed by atoms with E-state index in [9.17, 15) is 24.0 Å². The van der Waals surface area contributed by atoms with Gasteiger partial charge in [-0.05, 0) is 43.0 Å². The fourth-order valence-corrected chi connectivity index (χ4v) is 5.41. The maximum absolute atomic E-state index is 13.8. The average Bonchev–Trinajstić information content (AvgIpc) is 3.30. The molecule has 3 heterocycles. The average molecular weight is 578 g/mol. The van der Waals surface area contributed by atoms with Crippen LogP contribution in [0.2, 0.25) is 0 Å². The van der Waals surface area contributed by atoms with Gasteiger partial charge in [-0.25, -0.2) is 5.01 Å². The Hall–Kier alpha value is -4.45.